The van der Waals surface area contributed by atoms with Crippen LogP contribution in [0.5, 0.6) is 0 Å². The van der Waals surface area contributed by atoms with E-state index < -0.39 is 0 Å². The van der Waals surface area contributed by atoms with Crippen LogP contribution in [-0.4, -0.2) is 17.8 Å². The Morgan fingerprint density at radius 1 is 1.00 bits per heavy atom. The lowest BCUT2D eigenvalue weighted by Crippen LogP contribution is -2.28. The third-order valence-electron chi connectivity index (χ3n) is 9.17. The van der Waals surface area contributed by atoms with Crippen LogP contribution in [-0.2, 0) is 0 Å². The highest BCUT2D eigenvalue weighted by Gasteiger charge is 2.68. The van der Waals surface area contributed by atoms with Crippen molar-refractivity contribution in [1.29, 1.82) is 0 Å². The molecule has 0 saturated heterocycles. The highest BCUT2D eigenvalue weighted by atomic mass is 15.1. The van der Waals surface area contributed by atoms with Gasteiger partial charge in [-0.15, -0.1) is 0 Å². The molecule has 4 aliphatic rings. The number of aliphatic imine (C=N–C) groups is 1. The third-order valence-corrected chi connectivity index (χ3v) is 9.17. The number of rotatable bonds is 2. The van der Waals surface area contributed by atoms with Crippen molar-refractivity contribution in [2.45, 2.75) is 63.5 Å². The minimum Gasteiger partial charge on any atom is -0.378 e. The monoisotopic (exact) mass is 432 g/mol. The fraction of sp³-hybridized carbons (Fsp3) is 0.387. The van der Waals surface area contributed by atoms with Crippen LogP contribution < -0.4 is 5.32 Å². The van der Waals surface area contributed by atoms with Gasteiger partial charge in [0.2, 0.25) is 0 Å². The van der Waals surface area contributed by atoms with E-state index in [2.05, 4.69) is 93.0 Å². The minimum absolute atomic E-state index is 0.264. The summed E-state index contributed by atoms with van der Waals surface area (Å²) in [4.78, 5) is 4.80. The van der Waals surface area contributed by atoms with Crippen molar-refractivity contribution in [1.82, 2.24) is 0 Å². The second kappa shape index (κ2) is 6.82. The molecule has 1 fully saturated rings. The quantitative estimate of drug-likeness (QED) is 0.439. The molecular formula is C31H32N2. The number of fused-ring (bicyclic) bond motifs is 8. The lowest BCUT2D eigenvalue weighted by atomic mass is 9.80. The molecule has 2 aliphatic carbocycles. The molecule has 2 heteroatoms. The summed E-state index contributed by atoms with van der Waals surface area (Å²) in [6.07, 6.45) is 10.3. The van der Waals surface area contributed by atoms with Crippen LogP contribution in [0.3, 0.4) is 0 Å². The van der Waals surface area contributed by atoms with Crippen molar-refractivity contribution >= 4 is 28.8 Å². The lowest BCUT2D eigenvalue weighted by Gasteiger charge is -2.26. The lowest BCUT2D eigenvalue weighted by molar-refractivity contribution is 0.482. The Bertz CT molecular complexity index is 1350. The maximum Gasteiger partial charge on any atom is 0.0747 e. The van der Waals surface area contributed by atoms with Crippen molar-refractivity contribution in [2.75, 3.05) is 5.32 Å². The largest absolute Gasteiger partial charge is 0.378 e. The van der Waals surface area contributed by atoms with Gasteiger partial charge in [0.15, 0.2) is 0 Å². The van der Waals surface area contributed by atoms with E-state index in [1.54, 1.807) is 0 Å². The molecule has 2 heterocycles. The van der Waals surface area contributed by atoms with Crippen LogP contribution in [0.15, 0.2) is 59.6 Å². The first-order valence-corrected chi connectivity index (χ1v) is 12.8. The van der Waals surface area contributed by atoms with Crippen molar-refractivity contribution in [3.63, 3.8) is 0 Å². The molecule has 33 heavy (non-hydrogen) atoms. The van der Waals surface area contributed by atoms with Crippen LogP contribution in [0.4, 0.5) is 5.69 Å². The third kappa shape index (κ3) is 2.64. The predicted molar refractivity (Wildman–Crippen MR) is 140 cm³/mol. The molecule has 0 radical (unpaired) electrons. The van der Waals surface area contributed by atoms with Gasteiger partial charge in [-0.3, -0.25) is 4.99 Å². The van der Waals surface area contributed by atoms with E-state index in [1.807, 2.05) is 0 Å². The highest BCUT2D eigenvalue weighted by molar-refractivity contribution is 6.00. The summed E-state index contributed by atoms with van der Waals surface area (Å²) in [5, 5.41) is 6.69. The fourth-order valence-electron chi connectivity index (χ4n) is 7.34. The van der Waals surface area contributed by atoms with Crippen LogP contribution in [0.25, 0.3) is 28.0 Å². The summed E-state index contributed by atoms with van der Waals surface area (Å²) >= 11 is 0. The van der Waals surface area contributed by atoms with Gasteiger partial charge in [0.25, 0.3) is 0 Å². The molecule has 2 nitrogen and oxygen atoms in total. The highest BCUT2D eigenvalue weighted by Crippen LogP contribution is 2.69. The van der Waals surface area contributed by atoms with E-state index in [0.717, 1.165) is 12.3 Å². The van der Waals surface area contributed by atoms with Crippen molar-refractivity contribution in [3.8, 4) is 11.1 Å². The molecule has 0 bridgehead atoms. The molecule has 3 aromatic rings. The Kier molecular flexibility index (Phi) is 4.05. The SMILES string of the molecule is CC(C)C12Nc3c(ccc4cc(-c5ccc6c(c5)C=CC5N=CCCCC65)ccc34)C1C2C. The molecule has 1 N–H and O–H groups in total. The molecule has 0 amide bonds. The van der Waals surface area contributed by atoms with E-state index >= 15 is 0 Å². The van der Waals surface area contributed by atoms with Gasteiger partial charge < -0.3 is 5.32 Å². The second-order valence-corrected chi connectivity index (χ2v) is 11.0. The molecule has 5 atom stereocenters. The van der Waals surface area contributed by atoms with Crippen molar-refractivity contribution < 1.29 is 0 Å². The summed E-state index contributed by atoms with van der Waals surface area (Å²) < 4.78 is 0. The summed E-state index contributed by atoms with van der Waals surface area (Å²) in [5.41, 5.74) is 8.62. The molecule has 3 aromatic carbocycles. The second-order valence-electron chi connectivity index (χ2n) is 11.0. The average molecular weight is 433 g/mol. The van der Waals surface area contributed by atoms with Crippen molar-refractivity contribution in [2.24, 2.45) is 16.8 Å². The van der Waals surface area contributed by atoms with Gasteiger partial charge in [-0.05, 0) is 82.6 Å². The zero-order chi connectivity index (χ0) is 22.3. The van der Waals surface area contributed by atoms with Crippen LogP contribution in [0.1, 0.15) is 68.6 Å². The summed E-state index contributed by atoms with van der Waals surface area (Å²) in [7, 11) is 0. The number of anilines is 1. The summed E-state index contributed by atoms with van der Waals surface area (Å²) in [6.45, 7) is 7.13. The number of hydrogen-bond acceptors (Lipinski definition) is 2. The first-order chi connectivity index (χ1) is 16.1. The maximum absolute atomic E-state index is 4.80. The molecule has 0 aromatic heterocycles. The molecule has 166 valence electrons. The van der Waals surface area contributed by atoms with E-state index in [4.69, 9.17) is 4.99 Å². The average Bonchev–Trinajstić information content (AvgIpc) is 3.36. The van der Waals surface area contributed by atoms with Crippen molar-refractivity contribution in [3.05, 3.63) is 71.3 Å². The Balaban J connectivity index is 1.26. The minimum atomic E-state index is 0.264. The van der Waals surface area contributed by atoms with Gasteiger partial charge in [0, 0.05) is 22.9 Å². The number of hydrogen-bond donors (Lipinski definition) is 1. The van der Waals surface area contributed by atoms with Gasteiger partial charge in [0.05, 0.1) is 11.6 Å². The molecule has 5 unspecified atom stereocenters. The van der Waals surface area contributed by atoms with Crippen LogP contribution >= 0.6 is 0 Å². The molecular weight excluding hydrogens is 400 g/mol. The Labute approximate surface area is 196 Å². The van der Waals surface area contributed by atoms with Crippen LogP contribution in [0.2, 0.25) is 0 Å². The Morgan fingerprint density at radius 3 is 2.70 bits per heavy atom. The topological polar surface area (TPSA) is 24.4 Å². The van der Waals surface area contributed by atoms with E-state index in [9.17, 15) is 0 Å². The Hall–Kier alpha value is -2.87. The number of nitrogens with zero attached hydrogens (tertiary/aromatic N) is 1. The maximum atomic E-state index is 4.80. The smallest absolute Gasteiger partial charge is 0.0747 e. The molecule has 7 rings (SSSR count). The normalized spacial score (nSPS) is 30.9. The molecule has 0 spiro atoms. The van der Waals surface area contributed by atoms with Gasteiger partial charge in [0.1, 0.15) is 0 Å². The predicted octanol–water partition coefficient (Wildman–Crippen LogP) is 7.79. The standard InChI is InChI=1S/C31H32N2/c1-18(2)31-19(3)29(31)27-13-9-23-17-21(8-12-25(23)30(27)33-31)20-7-11-24-22(16-20)10-14-28-26(24)6-4-5-15-32-28/h7-19,26,28-29,33H,4-6H2,1-3H3. The summed E-state index contributed by atoms with van der Waals surface area (Å²) in [6, 6.07) is 19.1. The fourth-order valence-corrected chi connectivity index (χ4v) is 7.34. The number of benzene rings is 3. The van der Waals surface area contributed by atoms with E-state index in [1.165, 1.54) is 57.1 Å². The van der Waals surface area contributed by atoms with Gasteiger partial charge in [-0.1, -0.05) is 69.3 Å². The zero-order valence-corrected chi connectivity index (χ0v) is 19.8. The van der Waals surface area contributed by atoms with E-state index in [-0.39, 0.29) is 5.54 Å². The van der Waals surface area contributed by atoms with E-state index in [0.29, 0.717) is 23.8 Å². The molecule has 2 aliphatic heterocycles. The van der Waals surface area contributed by atoms with Gasteiger partial charge in [-0.25, -0.2) is 0 Å². The first kappa shape index (κ1) is 19.6. The Morgan fingerprint density at radius 2 is 1.82 bits per heavy atom. The summed E-state index contributed by atoms with van der Waals surface area (Å²) in [5.74, 6) is 2.57. The molecule has 1 saturated carbocycles. The van der Waals surface area contributed by atoms with Gasteiger partial charge >= 0.3 is 0 Å². The van der Waals surface area contributed by atoms with Crippen LogP contribution in [0, 0.1) is 11.8 Å². The first-order valence-electron chi connectivity index (χ1n) is 12.8. The number of nitrogens with one attached hydrogen (secondary N) is 1. The van der Waals surface area contributed by atoms with Gasteiger partial charge in [-0.2, -0.15) is 0 Å². The zero-order valence-electron chi connectivity index (χ0n) is 19.8.